The van der Waals surface area contributed by atoms with E-state index in [-0.39, 0.29) is 23.0 Å². The minimum atomic E-state index is -0.345. The number of benzene rings is 2. The number of pyridine rings is 1. The Morgan fingerprint density at radius 3 is 1.95 bits per heavy atom. The van der Waals surface area contributed by atoms with Crippen LogP contribution in [0.15, 0.2) is 75.7 Å². The molecular formula is C35H48N4O3. The summed E-state index contributed by atoms with van der Waals surface area (Å²) in [5.41, 5.74) is 2.14. The highest BCUT2D eigenvalue weighted by Crippen LogP contribution is 2.32. The first-order chi connectivity index (χ1) is 20.3. The van der Waals surface area contributed by atoms with Crippen molar-refractivity contribution < 1.29 is 9.90 Å². The summed E-state index contributed by atoms with van der Waals surface area (Å²) in [6, 6.07) is 17.5. The summed E-state index contributed by atoms with van der Waals surface area (Å²) < 4.78 is 1.21. The van der Waals surface area contributed by atoms with E-state index in [2.05, 4.69) is 42.8 Å². The molecule has 42 heavy (non-hydrogen) atoms. The molecular weight excluding hydrogens is 524 g/mol. The van der Waals surface area contributed by atoms with Crippen molar-refractivity contribution in [2.45, 2.75) is 86.0 Å². The van der Waals surface area contributed by atoms with Crippen LogP contribution >= 0.6 is 0 Å². The van der Waals surface area contributed by atoms with E-state index >= 15 is 0 Å². The average molecular weight is 573 g/mol. The van der Waals surface area contributed by atoms with E-state index in [0.29, 0.717) is 34.3 Å². The Bertz CT molecular complexity index is 1330. The molecule has 7 nitrogen and oxygen atoms in total. The summed E-state index contributed by atoms with van der Waals surface area (Å²) in [5, 5.41) is 19.5. The molecule has 1 amide bonds. The Hall–Kier alpha value is -3.74. The van der Waals surface area contributed by atoms with Gasteiger partial charge in [-0.15, -0.1) is 5.11 Å². The van der Waals surface area contributed by atoms with E-state index < -0.39 is 0 Å². The second kappa shape index (κ2) is 16.6. The number of hydrogen-bond acceptors (Lipinski definition) is 5. The lowest BCUT2D eigenvalue weighted by molar-refractivity contribution is 0.0685. The average Bonchev–Trinajstić information content (AvgIpc) is 3.00. The van der Waals surface area contributed by atoms with Crippen LogP contribution in [0.25, 0.3) is 5.69 Å². The minimum Gasteiger partial charge on any atom is -0.493 e. The van der Waals surface area contributed by atoms with Gasteiger partial charge in [-0.3, -0.25) is 9.59 Å². The van der Waals surface area contributed by atoms with Crippen molar-refractivity contribution in [2.75, 3.05) is 13.1 Å². The largest absolute Gasteiger partial charge is 0.493 e. The van der Waals surface area contributed by atoms with Gasteiger partial charge < -0.3 is 10.0 Å². The molecule has 0 aliphatic carbocycles. The molecule has 1 N–H and O–H groups in total. The van der Waals surface area contributed by atoms with Crippen LogP contribution in [0.2, 0.25) is 0 Å². The maximum atomic E-state index is 13.8. The maximum Gasteiger partial charge on any atom is 0.258 e. The molecule has 7 heteroatoms. The van der Waals surface area contributed by atoms with E-state index in [4.69, 9.17) is 0 Å². The molecule has 2 aromatic carbocycles. The van der Waals surface area contributed by atoms with Gasteiger partial charge in [0.05, 0.1) is 11.4 Å². The van der Waals surface area contributed by atoms with Crippen molar-refractivity contribution in [3.05, 3.63) is 82.1 Å². The lowest BCUT2D eigenvalue weighted by Crippen LogP contribution is -2.39. The summed E-state index contributed by atoms with van der Waals surface area (Å²) in [5.74, 6) is 0.799. The predicted octanol–water partition coefficient (Wildman–Crippen LogP) is 9.14. The summed E-state index contributed by atoms with van der Waals surface area (Å²) in [7, 11) is 0. The fraction of sp³-hybridized carbons (Fsp3) is 0.486. The van der Waals surface area contributed by atoms with Gasteiger partial charge in [-0.2, -0.15) is 5.11 Å². The fourth-order valence-electron chi connectivity index (χ4n) is 5.31. The van der Waals surface area contributed by atoms with Gasteiger partial charge in [-0.05, 0) is 73.6 Å². The Balaban J connectivity index is 1.83. The van der Waals surface area contributed by atoms with Gasteiger partial charge in [0.25, 0.3) is 11.5 Å². The summed E-state index contributed by atoms with van der Waals surface area (Å²) in [6.07, 6.45) is 9.13. The van der Waals surface area contributed by atoms with Crippen molar-refractivity contribution in [1.29, 1.82) is 0 Å². The van der Waals surface area contributed by atoms with E-state index in [9.17, 15) is 14.7 Å². The zero-order valence-electron chi connectivity index (χ0n) is 26.1. The second-order valence-electron chi connectivity index (χ2n) is 11.3. The molecule has 2 atom stereocenters. The van der Waals surface area contributed by atoms with Crippen LogP contribution in [0.1, 0.15) is 95.0 Å². The van der Waals surface area contributed by atoms with Crippen LogP contribution in [0.5, 0.6) is 5.88 Å². The third kappa shape index (κ3) is 8.88. The quantitative estimate of drug-likeness (QED) is 0.174. The van der Waals surface area contributed by atoms with Crippen LogP contribution in [0.4, 0.5) is 11.4 Å². The topological polar surface area (TPSA) is 87.3 Å². The molecule has 0 saturated heterocycles. The van der Waals surface area contributed by atoms with Crippen molar-refractivity contribution in [1.82, 2.24) is 9.47 Å². The standard InChI is InChI=1S/C35H48N4O3/c1-6-10-15-27(8-3)24-38(25-28(9-4)16-11-7-2)34(41)29-19-21-30(22-20-29)36-37-33-26(5)23-32(40)39(35(33)42)31-17-13-12-14-18-31/h12-14,17-23,27-28,42H,6-11,15-16,24-25H2,1-5H3. The number of azo groups is 1. The third-order valence-corrected chi connectivity index (χ3v) is 8.08. The number of rotatable bonds is 16. The highest BCUT2D eigenvalue weighted by molar-refractivity contribution is 5.94. The fourth-order valence-corrected chi connectivity index (χ4v) is 5.31. The van der Waals surface area contributed by atoms with Crippen LogP contribution in [-0.2, 0) is 0 Å². The Morgan fingerprint density at radius 2 is 1.43 bits per heavy atom. The lowest BCUT2D eigenvalue weighted by Gasteiger charge is -2.31. The zero-order chi connectivity index (χ0) is 30.5. The number of para-hydroxylation sites is 1. The number of aromatic hydroxyl groups is 1. The Morgan fingerprint density at radius 1 is 0.857 bits per heavy atom. The van der Waals surface area contributed by atoms with Gasteiger partial charge in [-0.1, -0.05) is 84.4 Å². The van der Waals surface area contributed by atoms with Gasteiger partial charge in [-0.25, -0.2) is 4.57 Å². The van der Waals surface area contributed by atoms with Crippen LogP contribution in [0, 0.1) is 18.8 Å². The number of amides is 1. The van der Waals surface area contributed by atoms with E-state index in [1.54, 1.807) is 55.5 Å². The van der Waals surface area contributed by atoms with E-state index in [1.807, 2.05) is 6.07 Å². The van der Waals surface area contributed by atoms with Crippen molar-refractivity contribution in [3.63, 3.8) is 0 Å². The molecule has 1 heterocycles. The smallest absolute Gasteiger partial charge is 0.258 e. The first kappa shape index (κ1) is 32.8. The molecule has 226 valence electrons. The van der Waals surface area contributed by atoms with Gasteiger partial charge in [0.2, 0.25) is 5.88 Å². The third-order valence-electron chi connectivity index (χ3n) is 8.08. The summed E-state index contributed by atoms with van der Waals surface area (Å²) in [6.45, 7) is 12.2. The van der Waals surface area contributed by atoms with Gasteiger partial charge in [0.15, 0.2) is 0 Å². The maximum absolute atomic E-state index is 13.8. The predicted molar refractivity (Wildman–Crippen MR) is 172 cm³/mol. The number of hydrogen-bond donors (Lipinski definition) is 1. The molecule has 2 unspecified atom stereocenters. The SMILES string of the molecule is CCCCC(CC)CN(CC(CC)CCCC)C(=O)c1ccc(N=Nc2c(C)cc(=O)n(-c3ccccc3)c2O)cc1. The normalized spacial score (nSPS) is 12.9. The summed E-state index contributed by atoms with van der Waals surface area (Å²) >= 11 is 0. The number of carbonyl (C=O) groups is 1. The molecule has 0 spiro atoms. The van der Waals surface area contributed by atoms with Crippen LogP contribution < -0.4 is 5.56 Å². The first-order valence-electron chi connectivity index (χ1n) is 15.6. The first-order valence-corrected chi connectivity index (χ1v) is 15.6. The monoisotopic (exact) mass is 572 g/mol. The molecule has 0 bridgehead atoms. The lowest BCUT2D eigenvalue weighted by atomic mass is 9.95. The van der Waals surface area contributed by atoms with Crippen molar-refractivity contribution in [2.24, 2.45) is 22.1 Å². The summed E-state index contributed by atoms with van der Waals surface area (Å²) in [4.78, 5) is 28.5. The van der Waals surface area contributed by atoms with Crippen molar-refractivity contribution >= 4 is 17.3 Å². The Labute approximate surface area is 251 Å². The second-order valence-corrected chi connectivity index (χ2v) is 11.3. The number of aromatic nitrogens is 1. The molecule has 0 aliphatic rings. The molecule has 0 aliphatic heterocycles. The molecule has 0 radical (unpaired) electrons. The van der Waals surface area contributed by atoms with Gasteiger partial charge in [0, 0.05) is 24.7 Å². The Kier molecular flexibility index (Phi) is 13.0. The molecule has 0 saturated carbocycles. The van der Waals surface area contributed by atoms with E-state index in [1.165, 1.54) is 36.3 Å². The number of unbranched alkanes of at least 4 members (excludes halogenated alkanes) is 2. The molecule has 3 rings (SSSR count). The van der Waals surface area contributed by atoms with Crippen LogP contribution in [0.3, 0.4) is 0 Å². The number of aryl methyl sites for hydroxylation is 1. The zero-order valence-corrected chi connectivity index (χ0v) is 26.1. The number of nitrogens with zero attached hydrogens (tertiary/aromatic N) is 4. The van der Waals surface area contributed by atoms with Crippen LogP contribution in [-0.4, -0.2) is 33.6 Å². The number of carbonyl (C=O) groups excluding carboxylic acids is 1. The minimum absolute atomic E-state index is 0.0619. The highest BCUT2D eigenvalue weighted by atomic mass is 16.3. The molecule has 3 aromatic rings. The molecule has 1 aromatic heterocycles. The van der Waals surface area contributed by atoms with Crippen molar-refractivity contribution in [3.8, 4) is 11.6 Å². The highest BCUT2D eigenvalue weighted by Gasteiger charge is 2.22. The van der Waals surface area contributed by atoms with Gasteiger partial charge in [0.1, 0.15) is 5.69 Å². The van der Waals surface area contributed by atoms with E-state index in [0.717, 1.165) is 38.8 Å². The molecule has 0 fully saturated rings. The van der Waals surface area contributed by atoms with Gasteiger partial charge >= 0.3 is 0 Å².